The summed E-state index contributed by atoms with van der Waals surface area (Å²) in [6, 6.07) is 14.3. The van der Waals surface area contributed by atoms with E-state index in [0.717, 1.165) is 16.5 Å². The van der Waals surface area contributed by atoms with Gasteiger partial charge in [0.25, 0.3) is 0 Å². The first-order chi connectivity index (χ1) is 16.7. The van der Waals surface area contributed by atoms with Gasteiger partial charge >= 0.3 is 12.1 Å². The second-order valence-electron chi connectivity index (χ2n) is 7.40. The summed E-state index contributed by atoms with van der Waals surface area (Å²) in [6.07, 6.45) is -2.02. The highest BCUT2D eigenvalue weighted by atomic mass is 35.5. The van der Waals surface area contributed by atoms with Gasteiger partial charge in [0, 0.05) is 47.0 Å². The number of carbonyl (C=O) groups excluding carboxylic acids is 2. The van der Waals surface area contributed by atoms with Crippen molar-refractivity contribution in [2.75, 3.05) is 17.2 Å². The Morgan fingerprint density at radius 2 is 1.83 bits per heavy atom. The molecule has 0 spiro atoms. The predicted molar refractivity (Wildman–Crippen MR) is 126 cm³/mol. The maximum Gasteiger partial charge on any atom is 0.471 e. The number of nitrogens with zero attached hydrogens (tertiary/aromatic N) is 2. The molecule has 0 aliphatic rings. The number of anilines is 3. The molecule has 0 saturated carbocycles. The number of carbonyl (C=O) groups is 2. The summed E-state index contributed by atoms with van der Waals surface area (Å²) in [7, 11) is 0. The van der Waals surface area contributed by atoms with E-state index < -0.39 is 24.5 Å². The van der Waals surface area contributed by atoms with Gasteiger partial charge in [0.05, 0.1) is 16.9 Å². The number of benzene rings is 2. The minimum Gasteiger partial charge on any atom is -0.360 e. The van der Waals surface area contributed by atoms with Crippen molar-refractivity contribution in [3.8, 4) is 11.3 Å². The van der Waals surface area contributed by atoms with E-state index in [1.54, 1.807) is 29.6 Å². The fraction of sp³-hybridized carbons (Fsp3) is 0.130. The Hall–Kier alpha value is -4.12. The highest BCUT2D eigenvalue weighted by molar-refractivity contribution is 6.33. The number of aromatic nitrogens is 3. The standard InChI is InChI=1S/C23H18ClF3N6O2/c24-17-12-30-22(33-20(17)16-11-29-18-7-2-1-6-15(16)18)32-14-5-3-4-13(10-14)31-19(34)8-9-28-21(35)23(25,26)27/h1-7,10-12,29H,8-9H2,(H,28,35)(H,31,34)(H,30,32,33). The number of alkyl halides is 3. The third-order valence-electron chi connectivity index (χ3n) is 4.89. The molecule has 0 radical (unpaired) electrons. The zero-order valence-electron chi connectivity index (χ0n) is 17.9. The van der Waals surface area contributed by atoms with E-state index in [-0.39, 0.29) is 12.4 Å². The van der Waals surface area contributed by atoms with Crippen molar-refractivity contribution in [1.82, 2.24) is 20.3 Å². The summed E-state index contributed by atoms with van der Waals surface area (Å²) in [5.41, 5.74) is 3.24. The van der Waals surface area contributed by atoms with Crippen molar-refractivity contribution in [2.45, 2.75) is 12.6 Å². The SMILES string of the molecule is O=C(CCNC(=O)C(F)(F)F)Nc1cccc(Nc2ncc(Cl)c(-c3c[nH]c4ccccc34)n2)c1. The smallest absolute Gasteiger partial charge is 0.360 e. The number of para-hydroxylation sites is 1. The number of H-pyrrole nitrogens is 1. The van der Waals surface area contributed by atoms with E-state index in [9.17, 15) is 22.8 Å². The molecule has 2 amide bonds. The molecule has 2 aromatic heterocycles. The van der Waals surface area contributed by atoms with Gasteiger partial charge in [-0.2, -0.15) is 13.2 Å². The van der Waals surface area contributed by atoms with Gasteiger partial charge in [-0.1, -0.05) is 35.9 Å². The Kier molecular flexibility index (Phi) is 6.87. The second kappa shape index (κ2) is 10.0. The quantitative estimate of drug-likeness (QED) is 0.283. The number of nitrogens with one attached hydrogen (secondary N) is 4. The summed E-state index contributed by atoms with van der Waals surface area (Å²) in [6.45, 7) is -0.447. The Balaban J connectivity index is 1.43. The normalized spacial score (nSPS) is 11.3. The largest absolute Gasteiger partial charge is 0.471 e. The maximum atomic E-state index is 12.2. The molecule has 12 heteroatoms. The molecular weight excluding hydrogens is 485 g/mol. The molecule has 0 fully saturated rings. The molecule has 4 aromatic rings. The van der Waals surface area contributed by atoms with Gasteiger partial charge in [0.1, 0.15) is 0 Å². The second-order valence-corrected chi connectivity index (χ2v) is 7.80. The molecule has 0 aliphatic carbocycles. The van der Waals surface area contributed by atoms with Crippen LogP contribution in [-0.2, 0) is 9.59 Å². The highest BCUT2D eigenvalue weighted by Gasteiger charge is 2.38. The molecule has 2 heterocycles. The average Bonchev–Trinajstić information content (AvgIpc) is 3.24. The van der Waals surface area contributed by atoms with Crippen LogP contribution in [0.1, 0.15) is 6.42 Å². The maximum absolute atomic E-state index is 12.2. The number of amides is 2. The lowest BCUT2D eigenvalue weighted by Crippen LogP contribution is -2.38. The number of hydrogen-bond donors (Lipinski definition) is 4. The topological polar surface area (TPSA) is 112 Å². The van der Waals surface area contributed by atoms with Gasteiger partial charge < -0.3 is 20.9 Å². The van der Waals surface area contributed by atoms with Gasteiger partial charge in [0.2, 0.25) is 11.9 Å². The van der Waals surface area contributed by atoms with Crippen molar-refractivity contribution in [3.63, 3.8) is 0 Å². The highest BCUT2D eigenvalue weighted by Crippen LogP contribution is 2.32. The molecule has 4 N–H and O–H groups in total. The molecule has 2 aromatic carbocycles. The molecule has 0 bridgehead atoms. The van der Waals surface area contributed by atoms with Crippen molar-refractivity contribution < 1.29 is 22.8 Å². The van der Waals surface area contributed by atoms with Gasteiger partial charge in [0.15, 0.2) is 0 Å². The Morgan fingerprint density at radius 3 is 2.63 bits per heavy atom. The van der Waals surface area contributed by atoms with Gasteiger partial charge in [-0.3, -0.25) is 9.59 Å². The van der Waals surface area contributed by atoms with Crippen LogP contribution in [0.2, 0.25) is 5.02 Å². The van der Waals surface area contributed by atoms with Crippen LogP contribution < -0.4 is 16.0 Å². The molecular formula is C23H18ClF3N6O2. The van der Waals surface area contributed by atoms with E-state index in [0.29, 0.717) is 22.1 Å². The fourth-order valence-corrected chi connectivity index (χ4v) is 3.49. The van der Waals surface area contributed by atoms with E-state index >= 15 is 0 Å². The number of halogens is 4. The van der Waals surface area contributed by atoms with Crippen molar-refractivity contribution >= 4 is 51.6 Å². The third-order valence-corrected chi connectivity index (χ3v) is 5.16. The predicted octanol–water partition coefficient (Wildman–Crippen LogP) is 5.03. The summed E-state index contributed by atoms with van der Waals surface area (Å²) >= 11 is 6.36. The molecule has 35 heavy (non-hydrogen) atoms. The van der Waals surface area contributed by atoms with E-state index in [2.05, 4.69) is 25.6 Å². The van der Waals surface area contributed by atoms with Gasteiger partial charge in [-0.05, 0) is 24.3 Å². The number of aromatic amines is 1. The van der Waals surface area contributed by atoms with E-state index in [4.69, 9.17) is 11.6 Å². The Labute approximate surface area is 201 Å². The van der Waals surface area contributed by atoms with Crippen molar-refractivity contribution in [3.05, 3.63) is 65.9 Å². The lowest BCUT2D eigenvalue weighted by atomic mass is 10.1. The molecule has 8 nitrogen and oxygen atoms in total. The van der Waals surface area contributed by atoms with Crippen molar-refractivity contribution in [2.24, 2.45) is 0 Å². The minimum atomic E-state index is -4.99. The van der Waals surface area contributed by atoms with Gasteiger partial charge in [-0.15, -0.1) is 0 Å². The van der Waals surface area contributed by atoms with Crippen LogP contribution in [0.5, 0.6) is 0 Å². The summed E-state index contributed by atoms with van der Waals surface area (Å²) in [5.74, 6) is -2.38. The average molecular weight is 503 g/mol. The van der Waals surface area contributed by atoms with Gasteiger partial charge in [-0.25, -0.2) is 9.97 Å². The molecule has 0 aliphatic heterocycles. The summed E-state index contributed by atoms with van der Waals surface area (Å²) in [4.78, 5) is 34.8. The fourth-order valence-electron chi connectivity index (χ4n) is 3.30. The summed E-state index contributed by atoms with van der Waals surface area (Å²) in [5, 5.41) is 8.59. The Bertz CT molecular complexity index is 1390. The first-order valence-electron chi connectivity index (χ1n) is 10.3. The van der Waals surface area contributed by atoms with E-state index in [1.165, 1.54) is 6.20 Å². The first kappa shape index (κ1) is 24.0. The lowest BCUT2D eigenvalue weighted by molar-refractivity contribution is -0.173. The molecule has 0 saturated heterocycles. The minimum absolute atomic E-state index is 0.271. The van der Waals surface area contributed by atoms with Crippen LogP contribution in [0, 0.1) is 0 Å². The molecule has 0 atom stereocenters. The van der Waals surface area contributed by atoms with Crippen LogP contribution in [-0.4, -0.2) is 39.5 Å². The number of hydrogen-bond acceptors (Lipinski definition) is 5. The lowest BCUT2D eigenvalue weighted by Gasteiger charge is -2.11. The van der Waals surface area contributed by atoms with Crippen LogP contribution in [0.3, 0.4) is 0 Å². The van der Waals surface area contributed by atoms with Crippen LogP contribution in [0.25, 0.3) is 22.2 Å². The molecule has 4 rings (SSSR count). The Morgan fingerprint density at radius 1 is 1.06 bits per heavy atom. The van der Waals surface area contributed by atoms with Crippen LogP contribution >= 0.6 is 11.6 Å². The van der Waals surface area contributed by atoms with Crippen LogP contribution in [0.15, 0.2) is 60.9 Å². The zero-order valence-corrected chi connectivity index (χ0v) is 18.7. The molecule has 0 unspecified atom stereocenters. The monoisotopic (exact) mass is 502 g/mol. The third kappa shape index (κ3) is 5.87. The molecule has 180 valence electrons. The summed E-state index contributed by atoms with van der Waals surface area (Å²) < 4.78 is 36.6. The number of rotatable bonds is 7. The van der Waals surface area contributed by atoms with E-state index in [1.807, 2.05) is 30.5 Å². The number of fused-ring (bicyclic) bond motifs is 1. The van der Waals surface area contributed by atoms with Crippen LogP contribution in [0.4, 0.5) is 30.5 Å². The first-order valence-corrected chi connectivity index (χ1v) is 10.7. The van der Waals surface area contributed by atoms with Crippen molar-refractivity contribution in [1.29, 1.82) is 0 Å². The zero-order chi connectivity index (χ0) is 25.0.